The fraction of sp³-hybridized carbons (Fsp3) is 0.769. The summed E-state index contributed by atoms with van der Waals surface area (Å²) in [4.78, 5) is 0. The minimum atomic E-state index is 0.0736. The van der Waals surface area contributed by atoms with Gasteiger partial charge in [-0.25, -0.2) is 4.68 Å². The van der Waals surface area contributed by atoms with Crippen LogP contribution in [0.1, 0.15) is 39.3 Å². The Hall–Kier alpha value is -1.03. The van der Waals surface area contributed by atoms with Crippen LogP contribution in [-0.2, 0) is 12.0 Å². The van der Waals surface area contributed by atoms with Crippen molar-refractivity contribution in [3.63, 3.8) is 0 Å². The lowest BCUT2D eigenvalue weighted by molar-refractivity contribution is 0.325. The summed E-state index contributed by atoms with van der Waals surface area (Å²) in [6.45, 7) is 9.68. The Morgan fingerprint density at radius 3 is 2.82 bits per heavy atom. The van der Waals surface area contributed by atoms with Crippen LogP contribution in [0.2, 0.25) is 0 Å². The second kappa shape index (κ2) is 4.69. The molecule has 4 nitrogen and oxygen atoms in total. The van der Waals surface area contributed by atoms with Gasteiger partial charge < -0.3 is 11.1 Å². The summed E-state index contributed by atoms with van der Waals surface area (Å²) in [5.74, 6) is 1.46. The molecule has 0 bridgehead atoms. The number of hydrogen-bond acceptors (Lipinski definition) is 3. The van der Waals surface area contributed by atoms with E-state index in [2.05, 4.69) is 31.2 Å². The van der Waals surface area contributed by atoms with E-state index in [4.69, 9.17) is 5.73 Å². The zero-order chi connectivity index (χ0) is 12.5. The van der Waals surface area contributed by atoms with E-state index in [-0.39, 0.29) is 5.41 Å². The lowest BCUT2D eigenvalue weighted by Gasteiger charge is -2.23. The van der Waals surface area contributed by atoms with Gasteiger partial charge in [0.05, 0.1) is 5.69 Å². The number of hydrogen-bond donors (Lipinski definition) is 2. The number of anilines is 1. The first kappa shape index (κ1) is 12.4. The van der Waals surface area contributed by atoms with Crippen molar-refractivity contribution in [3.05, 3.63) is 11.8 Å². The minimum absolute atomic E-state index is 0.0736. The largest absolute Gasteiger partial charge is 0.384 e. The quantitative estimate of drug-likeness (QED) is 0.822. The molecule has 17 heavy (non-hydrogen) atoms. The highest BCUT2D eigenvalue weighted by Crippen LogP contribution is 2.23. The molecule has 0 aromatic carbocycles. The molecule has 1 fully saturated rings. The molecule has 1 aliphatic heterocycles. The number of nitrogens with two attached hydrogens (primary N) is 1. The van der Waals surface area contributed by atoms with Crippen LogP contribution in [0.15, 0.2) is 6.07 Å². The fourth-order valence-electron chi connectivity index (χ4n) is 2.27. The molecule has 0 amide bonds. The summed E-state index contributed by atoms with van der Waals surface area (Å²) in [6.07, 6.45) is 2.54. The molecular formula is C13H24N4. The van der Waals surface area contributed by atoms with Crippen molar-refractivity contribution < 1.29 is 0 Å². The highest BCUT2D eigenvalue weighted by molar-refractivity contribution is 5.33. The first-order valence-electron chi connectivity index (χ1n) is 6.51. The third kappa shape index (κ3) is 3.00. The topological polar surface area (TPSA) is 55.9 Å². The molecule has 0 unspecified atom stereocenters. The van der Waals surface area contributed by atoms with Crippen molar-refractivity contribution in [2.75, 3.05) is 18.8 Å². The number of nitrogen functional groups attached to an aromatic ring is 1. The molecule has 0 aliphatic carbocycles. The molecular weight excluding hydrogens is 212 g/mol. The molecule has 2 rings (SSSR count). The summed E-state index contributed by atoms with van der Waals surface area (Å²) >= 11 is 0. The van der Waals surface area contributed by atoms with Gasteiger partial charge in [0, 0.05) is 18.0 Å². The van der Waals surface area contributed by atoms with Crippen LogP contribution in [0.5, 0.6) is 0 Å². The molecule has 0 saturated carbocycles. The minimum Gasteiger partial charge on any atom is -0.384 e. The maximum atomic E-state index is 6.04. The third-order valence-electron chi connectivity index (χ3n) is 3.41. The zero-order valence-electron chi connectivity index (χ0n) is 11.2. The molecule has 2 heterocycles. The predicted octanol–water partition coefficient (Wildman–Crippen LogP) is 1.76. The summed E-state index contributed by atoms with van der Waals surface area (Å²) in [6, 6.07) is 2.01. The Labute approximate surface area is 104 Å². The highest BCUT2D eigenvalue weighted by atomic mass is 15.3. The van der Waals surface area contributed by atoms with Gasteiger partial charge in [-0.2, -0.15) is 5.10 Å². The molecule has 1 atom stereocenters. The maximum Gasteiger partial charge on any atom is 0.121 e. The van der Waals surface area contributed by atoms with E-state index in [0.717, 1.165) is 31.1 Å². The number of aromatic nitrogens is 2. The predicted molar refractivity (Wildman–Crippen MR) is 70.9 cm³/mol. The lowest BCUT2D eigenvalue weighted by atomic mass is 9.92. The summed E-state index contributed by atoms with van der Waals surface area (Å²) in [7, 11) is 0. The Kier molecular flexibility index (Phi) is 3.43. The van der Waals surface area contributed by atoms with E-state index < -0.39 is 0 Å². The van der Waals surface area contributed by atoms with Gasteiger partial charge in [0.25, 0.3) is 0 Å². The second-order valence-corrected chi connectivity index (χ2v) is 6.10. The number of nitrogens with zero attached hydrogens (tertiary/aromatic N) is 2. The normalized spacial score (nSPS) is 21.7. The summed E-state index contributed by atoms with van der Waals surface area (Å²) in [5.41, 5.74) is 7.19. The average Bonchev–Trinajstić information content (AvgIpc) is 2.62. The molecule has 1 aliphatic rings. The monoisotopic (exact) mass is 236 g/mol. The third-order valence-corrected chi connectivity index (χ3v) is 3.41. The summed E-state index contributed by atoms with van der Waals surface area (Å²) in [5, 5.41) is 8.07. The number of piperidine rings is 1. The second-order valence-electron chi connectivity index (χ2n) is 6.10. The van der Waals surface area contributed by atoms with Crippen molar-refractivity contribution in [2.24, 2.45) is 5.92 Å². The van der Waals surface area contributed by atoms with E-state index in [1.807, 2.05) is 10.7 Å². The molecule has 1 aromatic rings. The molecule has 4 heteroatoms. The number of nitrogens with one attached hydrogen (secondary N) is 1. The highest BCUT2D eigenvalue weighted by Gasteiger charge is 2.21. The smallest absolute Gasteiger partial charge is 0.121 e. The van der Waals surface area contributed by atoms with Gasteiger partial charge >= 0.3 is 0 Å². The van der Waals surface area contributed by atoms with E-state index in [1.54, 1.807) is 0 Å². The van der Waals surface area contributed by atoms with Crippen molar-refractivity contribution in [1.29, 1.82) is 0 Å². The van der Waals surface area contributed by atoms with Crippen LogP contribution >= 0.6 is 0 Å². The lowest BCUT2D eigenvalue weighted by Crippen LogP contribution is -2.32. The van der Waals surface area contributed by atoms with Crippen LogP contribution in [-0.4, -0.2) is 22.9 Å². The first-order valence-corrected chi connectivity index (χ1v) is 6.51. The number of rotatable bonds is 2. The van der Waals surface area contributed by atoms with Gasteiger partial charge in [-0.05, 0) is 31.8 Å². The van der Waals surface area contributed by atoms with Crippen LogP contribution in [0.4, 0.5) is 5.82 Å². The van der Waals surface area contributed by atoms with E-state index in [1.165, 1.54) is 12.8 Å². The fourth-order valence-corrected chi connectivity index (χ4v) is 2.27. The summed E-state index contributed by atoms with van der Waals surface area (Å²) < 4.78 is 1.97. The molecule has 0 radical (unpaired) electrons. The molecule has 0 spiro atoms. The Bertz CT molecular complexity index is 369. The van der Waals surface area contributed by atoms with Crippen LogP contribution < -0.4 is 11.1 Å². The van der Waals surface area contributed by atoms with Gasteiger partial charge in [-0.1, -0.05) is 20.8 Å². The zero-order valence-corrected chi connectivity index (χ0v) is 11.2. The van der Waals surface area contributed by atoms with E-state index in [9.17, 15) is 0 Å². The van der Waals surface area contributed by atoms with Crippen LogP contribution in [0, 0.1) is 5.92 Å². The van der Waals surface area contributed by atoms with Gasteiger partial charge in [-0.3, -0.25) is 0 Å². The Morgan fingerprint density at radius 1 is 1.53 bits per heavy atom. The van der Waals surface area contributed by atoms with Gasteiger partial charge in [0.1, 0.15) is 5.82 Å². The van der Waals surface area contributed by atoms with E-state index in [0.29, 0.717) is 5.92 Å². The van der Waals surface area contributed by atoms with Gasteiger partial charge in [0.2, 0.25) is 0 Å². The van der Waals surface area contributed by atoms with Gasteiger partial charge in [-0.15, -0.1) is 0 Å². The standard InChI is InChI=1S/C13H24N4/c1-13(2,3)11-7-12(14)17(16-11)9-10-5-4-6-15-8-10/h7,10,15H,4-6,8-9,14H2,1-3H3/t10-/m0/s1. The molecule has 96 valence electrons. The maximum absolute atomic E-state index is 6.04. The van der Waals surface area contributed by atoms with Crippen molar-refractivity contribution in [1.82, 2.24) is 15.1 Å². The van der Waals surface area contributed by atoms with Crippen LogP contribution in [0.25, 0.3) is 0 Å². The van der Waals surface area contributed by atoms with E-state index >= 15 is 0 Å². The Balaban J connectivity index is 2.07. The van der Waals surface area contributed by atoms with Gasteiger partial charge in [0.15, 0.2) is 0 Å². The Morgan fingerprint density at radius 2 is 2.29 bits per heavy atom. The molecule has 1 saturated heterocycles. The SMILES string of the molecule is CC(C)(C)c1cc(N)n(C[C@H]2CCCNC2)n1. The average molecular weight is 236 g/mol. The van der Waals surface area contributed by atoms with Crippen LogP contribution in [0.3, 0.4) is 0 Å². The van der Waals surface area contributed by atoms with Crippen molar-refractivity contribution >= 4 is 5.82 Å². The van der Waals surface area contributed by atoms with Crippen molar-refractivity contribution in [3.8, 4) is 0 Å². The molecule has 3 N–H and O–H groups in total. The van der Waals surface area contributed by atoms with Crippen molar-refractivity contribution in [2.45, 2.75) is 45.6 Å². The molecule has 1 aromatic heterocycles. The first-order chi connectivity index (χ1) is 7.97.